The molecule has 0 spiro atoms. The molecule has 0 aliphatic rings. The SMILES string of the molecule is C.CCOC(=O)/C=C(/c1ccccc1)c1ccc2[nH]c(C(N)=O)cc2c1.CCOC(=O)CC(c1ccccc1)c1ccc2[nH]c(C(N)=O)cc2c1.CI.CNCCC(c1ccccc1)c1ccc2[nH]c(C(N)=O)cc2c1.IC(I)I.ICI.NC(=O)c1cc2cc(Br)ccc2[nH]1.NC(=O)c1cc2cc(C(CCO)c3ccccc3)ccc2[nH]1.[CH2-]I.[V]. The summed E-state index contributed by atoms with van der Waals surface area (Å²) in [7, 11) is 1.97. The predicted molar refractivity (Wildman–Crippen MR) is 553 cm³/mol. The summed E-state index contributed by atoms with van der Waals surface area (Å²) in [6.45, 7) is 5.31. The van der Waals surface area contributed by atoms with Crippen molar-refractivity contribution < 1.29 is 66.7 Å². The van der Waals surface area contributed by atoms with Crippen LogP contribution in [-0.4, -0.2) is 112 Å². The molecule has 3 unspecified atom stereocenters. The summed E-state index contributed by atoms with van der Waals surface area (Å²) in [6.07, 6.45) is 3.42. The zero-order chi connectivity index (χ0) is 87.1. The molecule has 5 aromatic heterocycles. The van der Waals surface area contributed by atoms with Crippen molar-refractivity contribution in [2.75, 3.05) is 40.8 Å². The number of hydrogen-bond donors (Lipinski definition) is 12. The summed E-state index contributed by atoms with van der Waals surface area (Å²) in [5, 5.41) is 17.3. The molecule has 0 fully saturated rings. The van der Waals surface area contributed by atoms with E-state index in [1.807, 2.05) is 204 Å². The Kier molecular flexibility index (Phi) is 49.7. The number of aliphatic hydroxyl groups excluding tert-OH is 1. The minimum Gasteiger partial charge on any atom is -0.466 e. The van der Waals surface area contributed by atoms with E-state index in [9.17, 15) is 38.7 Å². The molecule has 637 valence electrons. The second-order valence-corrected chi connectivity index (χ2v) is 41.9. The third kappa shape index (κ3) is 33.7. The fourth-order valence-electron chi connectivity index (χ4n) is 12.8. The number of hydrogen-bond acceptors (Lipinski definition) is 11. The van der Waals surface area contributed by atoms with E-state index in [0.29, 0.717) is 54.0 Å². The van der Waals surface area contributed by atoms with Gasteiger partial charge in [-0.05, 0) is 192 Å². The number of halogens is 8. The average molecular weight is 2520 g/mol. The van der Waals surface area contributed by atoms with Gasteiger partial charge in [0.15, 0.2) is 0 Å². The summed E-state index contributed by atoms with van der Waals surface area (Å²) < 4.78 is 13.1. The number of alkyl halides is 6. The summed E-state index contributed by atoms with van der Waals surface area (Å²) >= 11 is 18.9. The van der Waals surface area contributed by atoms with Gasteiger partial charge in [-0.25, -0.2) is 4.79 Å². The minimum absolute atomic E-state index is 0. The van der Waals surface area contributed by atoms with Gasteiger partial charge in [0.1, 0.15) is 28.4 Å². The van der Waals surface area contributed by atoms with Crippen LogP contribution in [0.2, 0.25) is 0 Å². The van der Waals surface area contributed by atoms with E-state index in [-0.39, 0.29) is 56.8 Å². The van der Waals surface area contributed by atoms with E-state index in [2.05, 4.69) is 235 Å². The molecule has 0 bridgehead atoms. The number of carbonyl (C=O) groups is 7. The van der Waals surface area contributed by atoms with Gasteiger partial charge in [0.2, 0.25) is 0 Å². The second-order valence-electron chi connectivity index (χ2n) is 25.6. The fourth-order valence-corrected chi connectivity index (χ4v) is 13.1. The van der Waals surface area contributed by atoms with Gasteiger partial charge in [0.05, 0.1) is 22.1 Å². The number of aliphatic hydroxyl groups is 1. The zero-order valence-electron chi connectivity index (χ0n) is 65.8. The molecule has 30 heteroatoms. The number of H-pyrrole nitrogens is 5. The molecule has 14 aromatic rings. The van der Waals surface area contributed by atoms with Gasteiger partial charge in [0.25, 0.3) is 29.5 Å². The number of nitrogens with one attached hydrogen (secondary N) is 6. The molecule has 14 rings (SSSR count). The molecule has 1 radical (unpaired) electrons. The van der Waals surface area contributed by atoms with Gasteiger partial charge in [-0.1, -0.05) is 304 Å². The number of esters is 2. The quantitative estimate of drug-likeness (QED) is 0.00938. The molecular formula is C91H96BrI7N11O10V-. The summed E-state index contributed by atoms with van der Waals surface area (Å²) in [6, 6.07) is 78.4. The first kappa shape index (κ1) is 106. The molecule has 0 aliphatic heterocycles. The maximum atomic E-state index is 12.1. The molecule has 5 heterocycles. The van der Waals surface area contributed by atoms with Gasteiger partial charge in [-0.3, -0.25) is 33.7 Å². The Morgan fingerprint density at radius 1 is 0.438 bits per heavy atom. The van der Waals surface area contributed by atoms with Crippen LogP contribution in [0.1, 0.15) is 155 Å². The summed E-state index contributed by atoms with van der Waals surface area (Å²) in [4.78, 5) is 100. The third-order valence-electron chi connectivity index (χ3n) is 18.0. The van der Waals surface area contributed by atoms with E-state index in [4.69, 9.17) is 38.1 Å². The number of ether oxygens (including phenoxy) is 2. The average Bonchev–Trinajstić information content (AvgIpc) is 1.68. The van der Waals surface area contributed by atoms with Gasteiger partial charge in [-0.15, -0.1) is 0 Å². The van der Waals surface area contributed by atoms with Crippen molar-refractivity contribution in [1.82, 2.24) is 30.2 Å². The van der Waals surface area contributed by atoms with Crippen LogP contribution in [0.4, 0.5) is 0 Å². The molecule has 5 amide bonds. The van der Waals surface area contributed by atoms with E-state index in [1.54, 1.807) is 38.1 Å². The molecule has 9 aromatic carbocycles. The van der Waals surface area contributed by atoms with Crippen LogP contribution in [0.5, 0.6) is 0 Å². The third-order valence-corrected chi connectivity index (χ3v) is 18.5. The van der Waals surface area contributed by atoms with E-state index >= 15 is 0 Å². The molecule has 121 heavy (non-hydrogen) atoms. The van der Waals surface area contributed by atoms with Crippen LogP contribution in [0.15, 0.2) is 253 Å². The monoisotopic (exact) mass is 2520 g/mol. The number of rotatable bonds is 23. The number of nitrogens with two attached hydrogens (primary N) is 5. The summed E-state index contributed by atoms with van der Waals surface area (Å²) in [5.41, 5.74) is 42.2. The Labute approximate surface area is 821 Å². The largest absolute Gasteiger partial charge is 0.466 e. The standard InChI is InChI=1S/C20H20N2O3.C20H18N2O3.C19H21N3O.C18H18N2O2.C9H7BrN2O.CHI3.CH2I2.CH3I.CH2I.CH4.V/c2*1-2-25-19(23)12-16(13-6-4-3-5-7-13)14-8-9-17-15(10-14)11-18(22-17)20(21)24;1-21-10-9-16(13-5-3-2-4-6-13)14-7-8-17-15(11-14)12-18(22-17)19(20)23;19-18(22)17-11-14-10-13(6-7-16(14)20-17)15(8-9-21)12-4-2-1-3-5-12;10-6-1-2-7-5(3-6)4-8(12-7)9(11)13;2-1(3)4;2-1-3;2*1-2;;/h3-11,16,22H,2,12H2,1H3,(H2,21,24);3-12,22H,2H2,1H3,(H2,21,24);2-8,11-12,16,21-22H,9-10H2,1H3,(H2,20,23);1-7,10-11,15,20-21H,8-9H2,(H2,19,22);1-4,12H,(H2,11,13);1H;1H2;1H3;1H2;1H4;/q;;;;;;;;-1;;/b;16-12-;;;;;;;;;. The van der Waals surface area contributed by atoms with Crippen molar-refractivity contribution >= 4 is 276 Å². The molecule has 0 saturated carbocycles. The minimum atomic E-state index is -0.511. The Morgan fingerprint density at radius 2 is 0.744 bits per heavy atom. The van der Waals surface area contributed by atoms with Crippen LogP contribution in [0.3, 0.4) is 0 Å². The zero-order valence-corrected chi connectivity index (χ0v) is 83.9. The first-order valence-corrected chi connectivity index (χ1v) is 48.1. The van der Waals surface area contributed by atoms with Crippen LogP contribution in [0.25, 0.3) is 60.1 Å². The first-order chi connectivity index (χ1) is 57.3. The Hall–Kier alpha value is -7.20. The van der Waals surface area contributed by atoms with Crippen LogP contribution >= 0.6 is 174 Å². The Bertz CT molecular complexity index is 5620. The fraction of sp³-hybridized carbons (Fsp3) is 0.187. The topological polar surface area (TPSA) is 379 Å². The Morgan fingerprint density at radius 3 is 1.08 bits per heavy atom. The molecule has 0 saturated heterocycles. The van der Waals surface area contributed by atoms with Gasteiger partial charge in [-0.2, -0.15) is 0 Å². The number of aromatic nitrogens is 5. The molecule has 17 N–H and O–H groups in total. The van der Waals surface area contributed by atoms with Crippen LogP contribution in [0, 0.1) is 4.93 Å². The number of amides is 5. The van der Waals surface area contributed by atoms with Crippen LogP contribution < -0.4 is 34.0 Å². The van der Waals surface area contributed by atoms with Crippen molar-refractivity contribution in [2.24, 2.45) is 28.7 Å². The number of primary amides is 5. The maximum Gasteiger partial charge on any atom is 0.331 e. The maximum absolute atomic E-state index is 12.1. The van der Waals surface area contributed by atoms with Crippen molar-refractivity contribution in [2.45, 2.75) is 58.2 Å². The first-order valence-electron chi connectivity index (χ1n) is 36.8. The predicted octanol–water partition coefficient (Wildman–Crippen LogP) is 21.7. The number of aromatic amines is 5. The molecule has 21 nitrogen and oxygen atoms in total. The van der Waals surface area contributed by atoms with Gasteiger partial charge < -0.3 is 96.1 Å². The van der Waals surface area contributed by atoms with Crippen molar-refractivity contribution in [1.29, 1.82) is 0 Å². The van der Waals surface area contributed by atoms with Crippen molar-refractivity contribution in [3.63, 3.8) is 0 Å². The van der Waals surface area contributed by atoms with E-state index < -0.39 is 35.5 Å². The van der Waals surface area contributed by atoms with Crippen LogP contribution in [-0.2, 0) is 37.6 Å². The van der Waals surface area contributed by atoms with Crippen molar-refractivity contribution in [3.8, 4) is 0 Å². The van der Waals surface area contributed by atoms with Gasteiger partial charge >= 0.3 is 11.9 Å². The van der Waals surface area contributed by atoms with Crippen molar-refractivity contribution in [3.05, 3.63) is 331 Å². The van der Waals surface area contributed by atoms with E-state index in [1.165, 1.54) is 25.2 Å². The molecule has 0 aliphatic carbocycles. The van der Waals surface area contributed by atoms with Gasteiger partial charge in [0, 0.05) is 108 Å². The number of fused-ring (bicyclic) bond motifs is 5. The summed E-state index contributed by atoms with van der Waals surface area (Å²) in [5.74, 6) is -2.64. The molecular weight excluding hydrogens is 2430 g/mol. The smallest absolute Gasteiger partial charge is 0.331 e. The number of carbonyl (C=O) groups excluding carboxylic acids is 7. The number of benzene rings is 9. The second kappa shape index (κ2) is 56.6. The Balaban J connectivity index is 0.000000310. The molecule has 3 atom stereocenters. The van der Waals surface area contributed by atoms with E-state index in [0.717, 1.165) is 105 Å². The normalized spacial score (nSPS) is 11.1.